The summed E-state index contributed by atoms with van der Waals surface area (Å²) in [6, 6.07) is 4.17. The Kier molecular flexibility index (Phi) is 4.18. The fourth-order valence-electron chi connectivity index (χ4n) is 2.64. The zero-order valence-corrected chi connectivity index (χ0v) is 10.9. The third kappa shape index (κ3) is 2.87. The van der Waals surface area contributed by atoms with Crippen molar-refractivity contribution in [3.05, 3.63) is 17.3 Å². The zero-order valence-electron chi connectivity index (χ0n) is 10.1. The second-order valence-electron chi connectivity index (χ2n) is 4.67. The van der Waals surface area contributed by atoms with Crippen molar-refractivity contribution in [2.24, 2.45) is 11.7 Å². The van der Waals surface area contributed by atoms with Crippen LogP contribution in [0.15, 0.2) is 12.1 Å². The van der Waals surface area contributed by atoms with Crippen LogP contribution in [0.1, 0.15) is 25.7 Å². The molecule has 2 unspecified atom stereocenters. The van der Waals surface area contributed by atoms with Gasteiger partial charge in [-0.1, -0.05) is 24.4 Å². The maximum Gasteiger partial charge on any atom is 0.151 e. The third-order valence-electron chi connectivity index (χ3n) is 3.65. The maximum absolute atomic E-state index is 5.85. The van der Waals surface area contributed by atoms with Crippen molar-refractivity contribution in [1.29, 1.82) is 0 Å². The van der Waals surface area contributed by atoms with Gasteiger partial charge in [0, 0.05) is 13.1 Å². The molecular weight excluding hydrogens is 236 g/mol. The summed E-state index contributed by atoms with van der Waals surface area (Å²) < 4.78 is 0. The third-order valence-corrected chi connectivity index (χ3v) is 3.85. The standard InChI is InChI=1S/C12H19ClN4/c1-17(12-7-6-11(13)15-16-12)10-5-3-2-4-9(10)8-14/h6-7,9-10H,2-5,8,14H2,1H3. The highest BCUT2D eigenvalue weighted by molar-refractivity contribution is 6.29. The van der Waals surface area contributed by atoms with Gasteiger partial charge in [0.2, 0.25) is 0 Å². The molecule has 5 heteroatoms. The first kappa shape index (κ1) is 12.6. The molecule has 0 spiro atoms. The molecule has 0 saturated heterocycles. The lowest BCUT2D eigenvalue weighted by atomic mass is 9.84. The Hall–Kier alpha value is -0.870. The van der Waals surface area contributed by atoms with Crippen LogP contribution in [0.2, 0.25) is 5.15 Å². The van der Waals surface area contributed by atoms with Crippen molar-refractivity contribution in [1.82, 2.24) is 10.2 Å². The smallest absolute Gasteiger partial charge is 0.151 e. The monoisotopic (exact) mass is 254 g/mol. The van der Waals surface area contributed by atoms with E-state index in [0.717, 1.165) is 12.4 Å². The molecule has 1 fully saturated rings. The predicted molar refractivity (Wildman–Crippen MR) is 70.2 cm³/mol. The van der Waals surface area contributed by atoms with E-state index >= 15 is 0 Å². The van der Waals surface area contributed by atoms with Crippen molar-refractivity contribution in [3.8, 4) is 0 Å². The fourth-order valence-corrected chi connectivity index (χ4v) is 2.74. The minimum atomic E-state index is 0.432. The summed E-state index contributed by atoms with van der Waals surface area (Å²) in [4.78, 5) is 2.19. The van der Waals surface area contributed by atoms with E-state index in [-0.39, 0.29) is 0 Å². The normalized spacial score (nSPS) is 24.6. The molecule has 17 heavy (non-hydrogen) atoms. The zero-order chi connectivity index (χ0) is 12.3. The van der Waals surface area contributed by atoms with Gasteiger partial charge < -0.3 is 10.6 Å². The van der Waals surface area contributed by atoms with Crippen LogP contribution in [0.25, 0.3) is 0 Å². The summed E-state index contributed by atoms with van der Waals surface area (Å²) in [7, 11) is 2.07. The number of hydrogen-bond donors (Lipinski definition) is 1. The van der Waals surface area contributed by atoms with Gasteiger partial charge in [-0.15, -0.1) is 10.2 Å². The van der Waals surface area contributed by atoms with Gasteiger partial charge in [-0.2, -0.15) is 0 Å². The number of hydrogen-bond acceptors (Lipinski definition) is 4. The molecule has 1 aromatic heterocycles. The minimum absolute atomic E-state index is 0.432. The molecule has 0 aromatic carbocycles. The van der Waals surface area contributed by atoms with Gasteiger partial charge in [0.05, 0.1) is 0 Å². The van der Waals surface area contributed by atoms with E-state index in [1.807, 2.05) is 6.07 Å². The van der Waals surface area contributed by atoms with Crippen molar-refractivity contribution in [3.63, 3.8) is 0 Å². The number of nitrogens with zero attached hydrogens (tertiary/aromatic N) is 3. The Morgan fingerprint density at radius 1 is 1.35 bits per heavy atom. The van der Waals surface area contributed by atoms with Gasteiger partial charge in [-0.25, -0.2) is 0 Å². The number of halogens is 1. The Morgan fingerprint density at radius 2 is 2.12 bits per heavy atom. The van der Waals surface area contributed by atoms with Crippen molar-refractivity contribution in [2.45, 2.75) is 31.7 Å². The van der Waals surface area contributed by atoms with Gasteiger partial charge >= 0.3 is 0 Å². The molecule has 0 aliphatic heterocycles. The number of anilines is 1. The lowest BCUT2D eigenvalue weighted by molar-refractivity contribution is 0.305. The molecular formula is C12H19ClN4. The van der Waals surface area contributed by atoms with E-state index in [2.05, 4.69) is 22.1 Å². The molecule has 2 rings (SSSR count). The molecule has 1 saturated carbocycles. The Bertz CT molecular complexity index is 354. The molecule has 1 heterocycles. The highest BCUT2D eigenvalue weighted by atomic mass is 35.5. The molecule has 0 radical (unpaired) electrons. The van der Waals surface area contributed by atoms with Crippen LogP contribution in [-0.4, -0.2) is 29.8 Å². The molecule has 94 valence electrons. The van der Waals surface area contributed by atoms with E-state index in [9.17, 15) is 0 Å². The summed E-state index contributed by atoms with van der Waals surface area (Å²) in [5.74, 6) is 1.44. The van der Waals surface area contributed by atoms with E-state index in [1.54, 1.807) is 6.07 Å². The Morgan fingerprint density at radius 3 is 2.76 bits per heavy atom. The highest BCUT2D eigenvalue weighted by Gasteiger charge is 2.28. The fraction of sp³-hybridized carbons (Fsp3) is 0.667. The van der Waals surface area contributed by atoms with Crippen LogP contribution in [0.3, 0.4) is 0 Å². The first-order valence-corrected chi connectivity index (χ1v) is 6.52. The molecule has 2 atom stereocenters. The molecule has 1 aliphatic carbocycles. The van der Waals surface area contributed by atoms with Gasteiger partial charge in [0.15, 0.2) is 11.0 Å². The van der Waals surface area contributed by atoms with E-state index in [1.165, 1.54) is 25.7 Å². The Balaban J connectivity index is 2.12. The second kappa shape index (κ2) is 5.65. The predicted octanol–water partition coefficient (Wildman–Crippen LogP) is 2.08. The van der Waals surface area contributed by atoms with Crippen molar-refractivity contribution >= 4 is 17.4 Å². The summed E-state index contributed by atoms with van der Waals surface area (Å²) in [5, 5.41) is 8.45. The topological polar surface area (TPSA) is 55.0 Å². The molecule has 4 nitrogen and oxygen atoms in total. The Labute approximate surface area is 107 Å². The van der Waals surface area contributed by atoms with Gasteiger partial charge in [-0.05, 0) is 37.4 Å². The van der Waals surface area contributed by atoms with E-state index in [4.69, 9.17) is 17.3 Å². The van der Waals surface area contributed by atoms with Gasteiger partial charge in [0.25, 0.3) is 0 Å². The summed E-state index contributed by atoms with van der Waals surface area (Å²) in [5.41, 5.74) is 5.85. The van der Waals surface area contributed by atoms with Gasteiger partial charge in [0.1, 0.15) is 0 Å². The SMILES string of the molecule is CN(c1ccc(Cl)nn1)C1CCCCC1CN. The first-order chi connectivity index (χ1) is 8.22. The van der Waals surface area contributed by atoms with Crippen LogP contribution >= 0.6 is 11.6 Å². The van der Waals surface area contributed by atoms with Crippen molar-refractivity contribution < 1.29 is 0 Å². The number of rotatable bonds is 3. The van der Waals surface area contributed by atoms with Crippen LogP contribution in [-0.2, 0) is 0 Å². The first-order valence-electron chi connectivity index (χ1n) is 6.14. The minimum Gasteiger partial charge on any atom is -0.355 e. The second-order valence-corrected chi connectivity index (χ2v) is 5.06. The van der Waals surface area contributed by atoms with Crippen LogP contribution in [0.4, 0.5) is 5.82 Å². The number of aromatic nitrogens is 2. The van der Waals surface area contributed by atoms with Crippen molar-refractivity contribution in [2.75, 3.05) is 18.5 Å². The van der Waals surface area contributed by atoms with E-state index < -0.39 is 0 Å². The number of nitrogens with two attached hydrogens (primary N) is 1. The summed E-state index contributed by atoms with van der Waals surface area (Å²) >= 11 is 5.75. The van der Waals surface area contributed by atoms with Gasteiger partial charge in [-0.3, -0.25) is 0 Å². The average molecular weight is 255 g/mol. The largest absolute Gasteiger partial charge is 0.355 e. The van der Waals surface area contributed by atoms with Crippen LogP contribution < -0.4 is 10.6 Å². The average Bonchev–Trinajstić information content (AvgIpc) is 2.39. The lowest BCUT2D eigenvalue weighted by Gasteiger charge is -2.37. The van der Waals surface area contributed by atoms with Crippen LogP contribution in [0, 0.1) is 5.92 Å². The molecule has 0 amide bonds. The maximum atomic E-state index is 5.85. The summed E-state index contributed by atoms with van der Waals surface area (Å²) in [6.45, 7) is 0.746. The molecule has 1 aromatic rings. The lowest BCUT2D eigenvalue weighted by Crippen LogP contribution is -2.43. The summed E-state index contributed by atoms with van der Waals surface area (Å²) in [6.07, 6.45) is 4.96. The van der Waals surface area contributed by atoms with E-state index in [0.29, 0.717) is 17.1 Å². The molecule has 0 bridgehead atoms. The molecule has 1 aliphatic rings. The highest BCUT2D eigenvalue weighted by Crippen LogP contribution is 2.29. The molecule has 2 N–H and O–H groups in total. The van der Waals surface area contributed by atoms with Crippen LogP contribution in [0.5, 0.6) is 0 Å². The quantitative estimate of drug-likeness (QED) is 0.897.